The third-order valence-electron chi connectivity index (χ3n) is 3.15. The van der Waals surface area contributed by atoms with Crippen LogP contribution in [0.25, 0.3) is 0 Å². The Kier molecular flexibility index (Phi) is 5.71. The van der Waals surface area contributed by atoms with E-state index in [2.05, 4.69) is 20.9 Å². The van der Waals surface area contributed by atoms with Crippen LogP contribution in [0.1, 0.15) is 11.1 Å². The van der Waals surface area contributed by atoms with Crippen LogP contribution < -0.4 is 0 Å². The van der Waals surface area contributed by atoms with E-state index < -0.39 is 0 Å². The maximum absolute atomic E-state index is 6.33. The van der Waals surface area contributed by atoms with Crippen molar-refractivity contribution in [3.63, 3.8) is 0 Å². The van der Waals surface area contributed by atoms with E-state index in [1.54, 1.807) is 7.05 Å². The Bertz CT molecular complexity index is 693. The number of aliphatic imine (C=N–C) groups is 2. The molecular formula is C17H16BrClN2. The van der Waals surface area contributed by atoms with E-state index in [-0.39, 0.29) is 0 Å². The second-order valence-corrected chi connectivity index (χ2v) is 5.50. The molecule has 0 unspecified atom stereocenters. The topological polar surface area (TPSA) is 24.7 Å². The van der Waals surface area contributed by atoms with Crippen molar-refractivity contribution in [2.45, 2.75) is 6.92 Å². The molecule has 0 aromatic heterocycles. The molecule has 0 amide bonds. The van der Waals surface area contributed by atoms with Crippen molar-refractivity contribution < 1.29 is 0 Å². The van der Waals surface area contributed by atoms with Gasteiger partial charge in [0.2, 0.25) is 0 Å². The molecule has 0 atom stereocenters. The molecule has 2 aromatic rings. The van der Waals surface area contributed by atoms with E-state index in [4.69, 9.17) is 16.6 Å². The molecule has 0 fully saturated rings. The fourth-order valence-corrected chi connectivity index (χ4v) is 2.71. The van der Waals surface area contributed by atoms with Crippen LogP contribution in [-0.2, 0) is 0 Å². The summed E-state index contributed by atoms with van der Waals surface area (Å²) < 4.78 is 0. The van der Waals surface area contributed by atoms with Gasteiger partial charge in [0.25, 0.3) is 0 Å². The van der Waals surface area contributed by atoms with Crippen LogP contribution in [-0.4, -0.2) is 23.8 Å². The molecule has 2 rings (SSSR count). The van der Waals surface area contributed by atoms with E-state index in [1.165, 1.54) is 0 Å². The SMILES string of the molecule is C/N=C(CBr)\C(=N/c1ccccc1C)c1ccccc1Cl. The summed E-state index contributed by atoms with van der Waals surface area (Å²) in [6.07, 6.45) is 0. The molecule has 0 bridgehead atoms. The smallest absolute Gasteiger partial charge is 0.0943 e. The first kappa shape index (κ1) is 15.9. The Labute approximate surface area is 138 Å². The molecule has 0 saturated heterocycles. The minimum atomic E-state index is 0.624. The third-order valence-corrected chi connectivity index (χ3v) is 4.01. The predicted octanol–water partition coefficient (Wildman–Crippen LogP) is 5.23. The van der Waals surface area contributed by atoms with Gasteiger partial charge in [-0.15, -0.1) is 0 Å². The van der Waals surface area contributed by atoms with Crippen LogP contribution in [0.3, 0.4) is 0 Å². The van der Waals surface area contributed by atoms with Gasteiger partial charge in [-0.05, 0) is 24.6 Å². The van der Waals surface area contributed by atoms with E-state index in [9.17, 15) is 0 Å². The lowest BCUT2D eigenvalue weighted by Crippen LogP contribution is -2.17. The van der Waals surface area contributed by atoms with Crippen molar-refractivity contribution in [3.05, 3.63) is 64.7 Å². The zero-order valence-electron chi connectivity index (χ0n) is 12.0. The molecular weight excluding hydrogens is 348 g/mol. The Balaban J connectivity index is 2.63. The maximum Gasteiger partial charge on any atom is 0.0943 e. The molecule has 0 saturated carbocycles. The van der Waals surface area contributed by atoms with Gasteiger partial charge >= 0.3 is 0 Å². The highest BCUT2D eigenvalue weighted by Gasteiger charge is 2.14. The molecule has 0 N–H and O–H groups in total. The fraction of sp³-hybridized carbons (Fsp3) is 0.176. The monoisotopic (exact) mass is 362 g/mol. The first-order valence-corrected chi connectivity index (χ1v) is 8.08. The summed E-state index contributed by atoms with van der Waals surface area (Å²) in [5.74, 6) is 0. The maximum atomic E-state index is 6.33. The highest BCUT2D eigenvalue weighted by atomic mass is 79.9. The van der Waals surface area contributed by atoms with Crippen molar-refractivity contribution in [1.82, 2.24) is 0 Å². The summed E-state index contributed by atoms with van der Waals surface area (Å²) in [5, 5.41) is 1.30. The molecule has 2 aromatic carbocycles. The normalized spacial score (nSPS) is 12.6. The second kappa shape index (κ2) is 7.53. The average molecular weight is 364 g/mol. The van der Waals surface area contributed by atoms with Gasteiger partial charge in [0.1, 0.15) is 0 Å². The Morgan fingerprint density at radius 3 is 2.38 bits per heavy atom. The van der Waals surface area contributed by atoms with E-state index >= 15 is 0 Å². The van der Waals surface area contributed by atoms with Crippen LogP contribution in [0.15, 0.2) is 58.5 Å². The van der Waals surface area contributed by atoms with Gasteiger partial charge in [0, 0.05) is 17.9 Å². The third kappa shape index (κ3) is 3.80. The highest BCUT2D eigenvalue weighted by Crippen LogP contribution is 2.23. The lowest BCUT2D eigenvalue weighted by molar-refractivity contribution is 1.39. The van der Waals surface area contributed by atoms with Gasteiger partial charge in [0.05, 0.1) is 22.1 Å². The molecule has 0 aliphatic carbocycles. The van der Waals surface area contributed by atoms with Gasteiger partial charge in [0.15, 0.2) is 0 Å². The van der Waals surface area contributed by atoms with Gasteiger partial charge in [-0.25, -0.2) is 4.99 Å². The van der Waals surface area contributed by atoms with Crippen molar-refractivity contribution in [2.24, 2.45) is 9.98 Å². The lowest BCUT2D eigenvalue weighted by atomic mass is 10.1. The minimum absolute atomic E-state index is 0.624. The van der Waals surface area contributed by atoms with Crippen LogP contribution in [0, 0.1) is 6.92 Å². The lowest BCUT2D eigenvalue weighted by Gasteiger charge is -2.11. The molecule has 0 aliphatic heterocycles. The standard InChI is InChI=1S/C17H16BrClN2/c1-12-7-3-6-10-15(12)21-17(16(11-18)20-2)13-8-4-5-9-14(13)19/h3-10H,11H2,1-2H3/b20-16-,21-17-. The number of hydrogen-bond donors (Lipinski definition) is 0. The minimum Gasteiger partial charge on any atom is -0.290 e. The van der Waals surface area contributed by atoms with Gasteiger partial charge in [-0.2, -0.15) is 0 Å². The Morgan fingerprint density at radius 1 is 1.10 bits per heavy atom. The number of rotatable bonds is 4. The zero-order chi connectivity index (χ0) is 15.2. The van der Waals surface area contributed by atoms with E-state index in [1.807, 2.05) is 55.5 Å². The Morgan fingerprint density at radius 2 is 1.76 bits per heavy atom. The van der Waals surface area contributed by atoms with Gasteiger partial charge < -0.3 is 0 Å². The summed E-state index contributed by atoms with van der Waals surface area (Å²) in [6.45, 7) is 2.04. The summed E-state index contributed by atoms with van der Waals surface area (Å²) in [5.41, 5.74) is 4.60. The number of hydrogen-bond acceptors (Lipinski definition) is 2. The molecule has 4 heteroatoms. The first-order chi connectivity index (χ1) is 10.2. The second-order valence-electron chi connectivity index (χ2n) is 4.53. The van der Waals surface area contributed by atoms with E-state index in [0.717, 1.165) is 28.2 Å². The van der Waals surface area contributed by atoms with E-state index in [0.29, 0.717) is 10.4 Å². The predicted molar refractivity (Wildman–Crippen MR) is 96.0 cm³/mol. The number of para-hydroxylation sites is 1. The molecule has 108 valence electrons. The zero-order valence-corrected chi connectivity index (χ0v) is 14.3. The molecule has 21 heavy (non-hydrogen) atoms. The van der Waals surface area contributed by atoms with Crippen molar-refractivity contribution >= 4 is 44.6 Å². The first-order valence-electron chi connectivity index (χ1n) is 6.58. The molecule has 2 nitrogen and oxygen atoms in total. The summed E-state index contributed by atoms with van der Waals surface area (Å²) in [7, 11) is 1.76. The van der Waals surface area contributed by atoms with Crippen LogP contribution in [0.5, 0.6) is 0 Å². The quantitative estimate of drug-likeness (QED) is 0.524. The molecule has 0 heterocycles. The molecule has 0 radical (unpaired) electrons. The largest absolute Gasteiger partial charge is 0.290 e. The Hall–Kier alpha value is -1.45. The highest BCUT2D eigenvalue weighted by molar-refractivity contribution is 9.09. The number of halogens is 2. The van der Waals surface area contributed by atoms with Crippen molar-refractivity contribution in [1.29, 1.82) is 0 Å². The number of alkyl halides is 1. The van der Waals surface area contributed by atoms with Gasteiger partial charge in [-0.3, -0.25) is 4.99 Å². The van der Waals surface area contributed by atoms with Gasteiger partial charge in [-0.1, -0.05) is 63.9 Å². The molecule has 0 spiro atoms. The average Bonchev–Trinajstić information content (AvgIpc) is 2.50. The summed E-state index contributed by atoms with van der Waals surface area (Å²) in [6, 6.07) is 15.7. The molecule has 0 aliphatic rings. The van der Waals surface area contributed by atoms with Crippen molar-refractivity contribution in [3.8, 4) is 0 Å². The number of nitrogens with zero attached hydrogens (tertiary/aromatic N) is 2. The summed E-state index contributed by atoms with van der Waals surface area (Å²) >= 11 is 9.81. The van der Waals surface area contributed by atoms with Crippen LogP contribution >= 0.6 is 27.5 Å². The van der Waals surface area contributed by atoms with Crippen LogP contribution in [0.4, 0.5) is 5.69 Å². The van der Waals surface area contributed by atoms with Crippen molar-refractivity contribution in [2.75, 3.05) is 12.4 Å². The summed E-state index contributed by atoms with van der Waals surface area (Å²) in [4.78, 5) is 9.13. The van der Waals surface area contributed by atoms with Crippen LogP contribution in [0.2, 0.25) is 5.02 Å². The number of benzene rings is 2. The number of aryl methyl sites for hydroxylation is 1. The fourth-order valence-electron chi connectivity index (χ4n) is 1.97.